The zero-order valence-corrected chi connectivity index (χ0v) is 66.4. The molecule has 0 aliphatic heterocycles. The van der Waals surface area contributed by atoms with Crippen LogP contribution in [-0.4, -0.2) is 138 Å². The summed E-state index contributed by atoms with van der Waals surface area (Å²) < 4.78 is 337. The molecule has 0 spiro atoms. The number of benzene rings is 5. The van der Waals surface area contributed by atoms with Crippen molar-refractivity contribution in [2.24, 2.45) is 0 Å². The van der Waals surface area contributed by atoms with Crippen LogP contribution in [-0.2, 0) is 36.0 Å². The molecule has 0 N–H and O–H groups in total. The number of aromatic nitrogens is 20. The molecule has 50 heteroatoms. The lowest BCUT2D eigenvalue weighted by Crippen LogP contribution is -2.36. The lowest BCUT2D eigenvalue weighted by molar-refractivity contribution is -0.275. The van der Waals surface area contributed by atoms with Gasteiger partial charge < -0.3 is 23.7 Å². The molecule has 0 unspecified atom stereocenters. The van der Waals surface area contributed by atoms with Crippen molar-refractivity contribution in [2.45, 2.75) is 128 Å². The first-order chi connectivity index (χ1) is 59.5. The zero-order chi connectivity index (χ0) is 93.7. The molecular weight excluding hydrogens is 1770 g/mol. The monoisotopic (exact) mass is 1820 g/mol. The van der Waals surface area contributed by atoms with Crippen molar-refractivity contribution in [2.75, 3.05) is 14.2 Å². The lowest BCUT2D eigenvalue weighted by atomic mass is 9.73. The van der Waals surface area contributed by atoms with Crippen molar-refractivity contribution in [3.8, 4) is 91.1 Å². The van der Waals surface area contributed by atoms with Crippen LogP contribution in [0.1, 0.15) is 110 Å². The Morgan fingerprint density at radius 2 is 0.688 bits per heavy atom. The predicted octanol–water partition coefficient (Wildman–Crippen LogP) is 20.2. The normalized spacial score (nSPS) is 14.6. The van der Waals surface area contributed by atoms with Gasteiger partial charge in [-0.2, -0.15) is 115 Å². The highest BCUT2D eigenvalue weighted by Gasteiger charge is 2.45. The molecule has 26 nitrogen and oxygen atoms in total. The highest BCUT2D eigenvalue weighted by atomic mass is 19.4. The quantitative estimate of drug-likeness (QED) is 0.0862. The summed E-state index contributed by atoms with van der Waals surface area (Å²) in [5.74, 6) is -16.3. The number of ether oxygens (including phenoxy) is 5. The van der Waals surface area contributed by atoms with Gasteiger partial charge in [0.2, 0.25) is 23.3 Å². The van der Waals surface area contributed by atoms with Gasteiger partial charge in [0.1, 0.15) is 34.4 Å². The molecule has 128 heavy (non-hydrogen) atoms. The number of aryl methyl sites for hydroxylation is 2. The van der Waals surface area contributed by atoms with Crippen LogP contribution in [0.3, 0.4) is 0 Å². The number of rotatable bonds is 15. The number of methoxy groups -OCH3 is 2. The van der Waals surface area contributed by atoms with Crippen LogP contribution in [0.2, 0.25) is 0 Å². The molecule has 1 fully saturated rings. The van der Waals surface area contributed by atoms with Crippen LogP contribution < -0.4 is 23.7 Å². The van der Waals surface area contributed by atoms with Crippen molar-refractivity contribution < 1.29 is 129 Å². The maximum Gasteiger partial charge on any atom is 0.573 e. The summed E-state index contributed by atoms with van der Waals surface area (Å²) in [6.07, 6.45) is -22.8. The van der Waals surface area contributed by atoms with Crippen molar-refractivity contribution in [3.05, 3.63) is 209 Å². The first-order valence-electron chi connectivity index (χ1n) is 36.4. The molecule has 10 aromatic heterocycles. The number of nitrogens with zero attached hydrogens (tertiary/aromatic N) is 21. The summed E-state index contributed by atoms with van der Waals surface area (Å²) in [5, 5.41) is 66.0. The Bertz CT molecular complexity index is 6640. The molecule has 16 rings (SSSR count). The van der Waals surface area contributed by atoms with Crippen LogP contribution in [0.4, 0.5) is 105 Å². The molecule has 0 atom stereocenters. The third kappa shape index (κ3) is 21.6. The Hall–Kier alpha value is -14.3. The Morgan fingerprint density at radius 3 is 1.04 bits per heavy atom. The van der Waals surface area contributed by atoms with E-state index in [4.69, 9.17) is 14.7 Å². The van der Waals surface area contributed by atoms with Gasteiger partial charge in [0.25, 0.3) is 0 Å². The van der Waals surface area contributed by atoms with Gasteiger partial charge in [-0.1, -0.05) is 12.1 Å². The molecular formula is C78H57F24N21O5. The minimum absolute atomic E-state index is 0.0245. The molecule has 0 radical (unpaired) electrons. The Morgan fingerprint density at radius 1 is 0.352 bits per heavy atom. The van der Waals surface area contributed by atoms with Gasteiger partial charge in [0.05, 0.1) is 65.4 Å². The second kappa shape index (κ2) is 34.5. The van der Waals surface area contributed by atoms with E-state index in [0.29, 0.717) is 86.0 Å². The Labute approximate surface area is 701 Å². The number of hydrogen-bond acceptors (Lipinski definition) is 21. The van der Waals surface area contributed by atoms with Crippen LogP contribution >= 0.6 is 0 Å². The average Bonchev–Trinajstić information content (AvgIpc) is 1.56. The fraction of sp³-hybridized carbons (Fsp3) is 0.282. The molecule has 672 valence electrons. The van der Waals surface area contributed by atoms with Crippen molar-refractivity contribution >= 4 is 28.2 Å². The molecule has 5 aromatic carbocycles. The smallest absolute Gasteiger partial charge is 0.496 e. The van der Waals surface area contributed by atoms with Crippen LogP contribution in [0, 0.1) is 25.2 Å². The van der Waals surface area contributed by atoms with E-state index in [9.17, 15) is 105 Å². The molecule has 0 bridgehead atoms. The summed E-state index contributed by atoms with van der Waals surface area (Å²) in [5.41, 5.74) is 1.07. The Kier molecular flexibility index (Phi) is 25.1. The van der Waals surface area contributed by atoms with Gasteiger partial charge in [-0.05, 0) is 172 Å². The van der Waals surface area contributed by atoms with Crippen LogP contribution in [0.5, 0.6) is 28.7 Å². The number of halogens is 24. The molecule has 0 amide bonds. The minimum atomic E-state index is -4.85. The summed E-state index contributed by atoms with van der Waals surface area (Å²) in [6, 6.07) is 33.3. The SMILES string of the molecule is CC(F)(F)c1nnc2ccc(-c3ccc(C(F)(F)F)cc3C#N)nn12.COc1cc(OC(F)(F)F)ccc1-c1ccc2nnc(C(C)(F)F)n2n1.COc1cc(OC(F)(F)F)ccc1-c1ccc2nnc(C3CC(C)(F)C3)n2n1.Cc1cc(-c2ccc3nnc(C(C)(F)F)n3n2)ccc1OC(F)(F)F.Cc1cc(C(F)(F)F)ccc1-c1ccc2nnc(C(C)(F)F)n2n1. The molecule has 1 aliphatic rings. The number of nitriles is 1. The molecule has 1 saturated carbocycles. The van der Waals surface area contributed by atoms with E-state index in [0.717, 1.165) is 66.6 Å². The van der Waals surface area contributed by atoms with Crippen LogP contribution in [0.15, 0.2) is 152 Å². The fourth-order valence-electron chi connectivity index (χ4n) is 12.6. The van der Waals surface area contributed by atoms with Crippen molar-refractivity contribution in [1.82, 2.24) is 99.1 Å². The third-order valence-electron chi connectivity index (χ3n) is 18.3. The van der Waals surface area contributed by atoms with Gasteiger partial charge in [0.15, 0.2) is 34.1 Å². The molecule has 0 saturated heterocycles. The fourth-order valence-corrected chi connectivity index (χ4v) is 12.6. The molecule has 1 aliphatic carbocycles. The summed E-state index contributed by atoms with van der Waals surface area (Å²) in [7, 11) is 2.59. The number of hydrogen-bond donors (Lipinski definition) is 0. The van der Waals surface area contributed by atoms with Gasteiger partial charge in [-0.3, -0.25) is 0 Å². The van der Waals surface area contributed by atoms with Gasteiger partial charge >= 0.3 is 55.1 Å². The zero-order valence-electron chi connectivity index (χ0n) is 66.4. The van der Waals surface area contributed by atoms with E-state index in [1.165, 1.54) is 118 Å². The highest BCUT2D eigenvalue weighted by molar-refractivity contribution is 5.72. The van der Waals surface area contributed by atoms with E-state index in [1.807, 2.05) is 0 Å². The highest BCUT2D eigenvalue weighted by Crippen LogP contribution is 2.47. The maximum absolute atomic E-state index is 13.9. The molecule has 10 heterocycles. The number of fused-ring (bicyclic) bond motifs is 5. The van der Waals surface area contributed by atoms with Crippen LogP contribution in [0.25, 0.3) is 84.5 Å². The first-order valence-corrected chi connectivity index (χ1v) is 36.4. The summed E-state index contributed by atoms with van der Waals surface area (Å²) in [6.45, 7) is 7.09. The van der Waals surface area contributed by atoms with E-state index < -0.39 is 107 Å². The first kappa shape index (κ1) is 92.8. The third-order valence-corrected chi connectivity index (χ3v) is 18.3. The molecule has 15 aromatic rings. The average molecular weight is 1820 g/mol. The standard InChI is InChI=1S/C18H16F4N4O2.C15H8F5N5.C15H11F5N4O2.C15H11F5N4O.C15H11F5N4/c1-17(19)8-10(9-17)16-24-23-15-6-5-13(25-26(15)16)12-4-3-11(7-14(12)27-2)28-18(20,21)22;1-14(16,17)13-23-22-12-5-4-11(24-25(12)13)10-3-2-9(15(18,19)20)6-8(10)7-21;1-14(16,17)13-22-21-12-6-5-10(23-24(12)13)9-4-3-8(7-11(9)25-2)26-15(18,19)20;1-8-7-9(3-5-11(8)25-15(18,19)20)10-4-6-12-21-22-13(14(2,16)17)24(12)23-10;1-8-7-9(15(18,19)20)3-4-10(8)11-5-6-12-21-22-13(14(2,16)17)24(12)23-11/h3-7,10H,8-9H2,1-2H3;2-6H,1H3;3-7H,1-2H3;3-7H,1-2H3;3-7H,1-2H3. The summed E-state index contributed by atoms with van der Waals surface area (Å²) >= 11 is 0. The van der Waals surface area contributed by atoms with Gasteiger partial charge in [-0.25, -0.2) is 4.39 Å². The lowest BCUT2D eigenvalue weighted by Gasteiger charge is -2.37. The van der Waals surface area contributed by atoms with Gasteiger partial charge in [-0.15, -0.1) is 90.5 Å². The van der Waals surface area contributed by atoms with E-state index in [-0.39, 0.29) is 90.8 Å². The van der Waals surface area contributed by atoms with E-state index in [1.54, 1.807) is 25.1 Å². The predicted molar refractivity (Wildman–Crippen MR) is 398 cm³/mol. The van der Waals surface area contributed by atoms with E-state index >= 15 is 0 Å². The maximum atomic E-state index is 13.9. The second-order valence-corrected chi connectivity index (χ2v) is 28.4. The van der Waals surface area contributed by atoms with E-state index in [2.05, 4.69) is 90.7 Å². The van der Waals surface area contributed by atoms with Crippen molar-refractivity contribution in [3.63, 3.8) is 0 Å². The van der Waals surface area contributed by atoms with Crippen molar-refractivity contribution in [1.29, 1.82) is 5.26 Å². The number of alkyl halides is 24. The van der Waals surface area contributed by atoms with Gasteiger partial charge in [0, 0.05) is 73.6 Å². The minimum Gasteiger partial charge on any atom is -0.496 e. The Balaban J connectivity index is 0.000000145. The summed E-state index contributed by atoms with van der Waals surface area (Å²) in [4.78, 5) is 0. The second-order valence-electron chi connectivity index (χ2n) is 28.4. The topological polar surface area (TPSA) is 285 Å². The largest absolute Gasteiger partial charge is 0.573 e.